The Morgan fingerprint density at radius 1 is 1.23 bits per heavy atom. The van der Waals surface area contributed by atoms with Gasteiger partial charge in [0.25, 0.3) is 5.56 Å². The lowest BCUT2D eigenvalue weighted by Crippen LogP contribution is -2.24. The number of hydrogen-bond donors (Lipinski definition) is 1. The zero-order valence-corrected chi connectivity index (χ0v) is 15.0. The van der Waals surface area contributed by atoms with Crippen LogP contribution >= 0.6 is 0 Å². The van der Waals surface area contributed by atoms with Gasteiger partial charge in [-0.2, -0.15) is 0 Å². The van der Waals surface area contributed by atoms with Crippen LogP contribution in [0.25, 0.3) is 5.65 Å². The Hall–Kier alpha value is -2.71. The lowest BCUT2D eigenvalue weighted by atomic mass is 10.2. The number of aromatic nitrogens is 2. The first kappa shape index (κ1) is 16.7. The molecule has 3 aromatic rings. The molecule has 0 saturated carbocycles. The van der Waals surface area contributed by atoms with Crippen LogP contribution in [0.1, 0.15) is 16.8 Å². The summed E-state index contributed by atoms with van der Waals surface area (Å²) in [6.45, 7) is 3.08. The lowest BCUT2D eigenvalue weighted by molar-refractivity contribution is 0.598. The zero-order chi connectivity index (χ0) is 18.5. The van der Waals surface area contributed by atoms with Gasteiger partial charge in [-0.15, -0.1) is 0 Å². The molecule has 0 radical (unpaired) electrons. The Kier molecular flexibility index (Phi) is 3.82. The Labute approximate surface area is 150 Å². The third-order valence-corrected chi connectivity index (χ3v) is 5.58. The number of rotatable bonds is 3. The summed E-state index contributed by atoms with van der Waals surface area (Å²) < 4.78 is 24.8. The number of fused-ring (bicyclic) bond motifs is 2. The second kappa shape index (κ2) is 5.93. The third-order valence-electron chi connectivity index (χ3n) is 4.67. The summed E-state index contributed by atoms with van der Waals surface area (Å²) >= 11 is 0. The quantitative estimate of drug-likeness (QED) is 0.747. The molecule has 0 spiro atoms. The normalized spacial score (nSPS) is 14.0. The van der Waals surface area contributed by atoms with Gasteiger partial charge in [-0.1, -0.05) is 12.1 Å². The summed E-state index contributed by atoms with van der Waals surface area (Å²) in [6, 6.07) is 10.2. The van der Waals surface area contributed by atoms with E-state index in [-0.39, 0.29) is 10.5 Å². The molecule has 2 aromatic heterocycles. The summed E-state index contributed by atoms with van der Waals surface area (Å²) in [5.41, 5.74) is 3.96. The first-order valence-electron chi connectivity index (χ1n) is 8.21. The Morgan fingerprint density at radius 3 is 2.81 bits per heavy atom. The van der Waals surface area contributed by atoms with Crippen LogP contribution in [-0.4, -0.2) is 24.3 Å². The van der Waals surface area contributed by atoms with Gasteiger partial charge in [0.2, 0.25) is 10.0 Å². The topological polar surface area (TPSA) is 97.8 Å². The highest BCUT2D eigenvalue weighted by atomic mass is 32.2. The highest BCUT2D eigenvalue weighted by Gasteiger charge is 2.22. The first-order chi connectivity index (χ1) is 12.3. The number of sulfonamides is 1. The molecule has 2 N–H and O–H groups in total. The van der Waals surface area contributed by atoms with Crippen molar-refractivity contribution in [1.82, 2.24) is 9.38 Å². The van der Waals surface area contributed by atoms with E-state index >= 15 is 0 Å². The molecular weight excluding hydrogens is 352 g/mol. The minimum atomic E-state index is -3.76. The van der Waals surface area contributed by atoms with Crippen LogP contribution in [0.4, 0.5) is 5.69 Å². The molecule has 0 saturated heterocycles. The summed E-state index contributed by atoms with van der Waals surface area (Å²) in [6.07, 6.45) is 2.51. The number of pyridine rings is 1. The van der Waals surface area contributed by atoms with Gasteiger partial charge in [-0.3, -0.25) is 9.20 Å². The molecule has 0 aliphatic carbocycles. The highest BCUT2D eigenvalue weighted by Crippen LogP contribution is 2.31. The number of anilines is 1. The third kappa shape index (κ3) is 2.87. The highest BCUT2D eigenvalue weighted by molar-refractivity contribution is 7.89. The van der Waals surface area contributed by atoms with E-state index in [2.05, 4.69) is 4.98 Å². The number of nitrogens with two attached hydrogens (primary N) is 1. The van der Waals surface area contributed by atoms with Crippen LogP contribution in [-0.2, 0) is 23.0 Å². The fourth-order valence-electron chi connectivity index (χ4n) is 3.35. The molecule has 1 aliphatic rings. The van der Waals surface area contributed by atoms with Crippen molar-refractivity contribution >= 4 is 21.4 Å². The summed E-state index contributed by atoms with van der Waals surface area (Å²) in [5, 5.41) is 5.24. The fourth-order valence-corrected chi connectivity index (χ4v) is 3.89. The van der Waals surface area contributed by atoms with Crippen LogP contribution < -0.4 is 15.6 Å². The van der Waals surface area contributed by atoms with Crippen LogP contribution in [0, 0.1) is 6.92 Å². The Balaban J connectivity index is 1.73. The molecular formula is C18H18N4O3S. The second-order valence-electron chi connectivity index (χ2n) is 6.48. The molecule has 4 rings (SSSR count). The molecule has 8 heteroatoms. The van der Waals surface area contributed by atoms with Crippen molar-refractivity contribution in [3.8, 4) is 0 Å². The van der Waals surface area contributed by atoms with Gasteiger partial charge >= 0.3 is 0 Å². The smallest absolute Gasteiger partial charge is 0.258 e. The monoisotopic (exact) mass is 370 g/mol. The van der Waals surface area contributed by atoms with Crippen molar-refractivity contribution in [3.63, 3.8) is 0 Å². The number of benzene rings is 1. The van der Waals surface area contributed by atoms with E-state index in [0.717, 1.165) is 29.8 Å². The Morgan fingerprint density at radius 2 is 2.04 bits per heavy atom. The molecule has 0 fully saturated rings. The predicted molar refractivity (Wildman–Crippen MR) is 98.8 cm³/mol. The van der Waals surface area contributed by atoms with E-state index in [9.17, 15) is 13.2 Å². The van der Waals surface area contributed by atoms with Gasteiger partial charge in [-0.05, 0) is 42.7 Å². The molecule has 1 aliphatic heterocycles. The molecule has 1 aromatic carbocycles. The van der Waals surface area contributed by atoms with Gasteiger partial charge in [-0.25, -0.2) is 18.5 Å². The average molecular weight is 370 g/mol. The van der Waals surface area contributed by atoms with E-state index in [4.69, 9.17) is 5.14 Å². The van der Waals surface area contributed by atoms with E-state index in [1.54, 1.807) is 18.3 Å². The van der Waals surface area contributed by atoms with Gasteiger partial charge in [0.1, 0.15) is 5.65 Å². The van der Waals surface area contributed by atoms with Crippen LogP contribution in [0.5, 0.6) is 0 Å². The number of hydrogen-bond acceptors (Lipinski definition) is 5. The number of primary sulfonamides is 1. The van der Waals surface area contributed by atoms with E-state index < -0.39 is 10.0 Å². The van der Waals surface area contributed by atoms with Crippen molar-refractivity contribution in [3.05, 3.63) is 69.8 Å². The summed E-state index contributed by atoms with van der Waals surface area (Å²) in [7, 11) is -3.76. The maximum atomic E-state index is 12.4. The molecule has 0 bridgehead atoms. The maximum Gasteiger partial charge on any atom is 0.258 e. The minimum Gasteiger partial charge on any atom is -0.365 e. The van der Waals surface area contributed by atoms with Gasteiger partial charge in [0, 0.05) is 24.5 Å². The van der Waals surface area contributed by atoms with Crippen molar-refractivity contribution in [1.29, 1.82) is 0 Å². The van der Waals surface area contributed by atoms with Crippen LogP contribution in [0.3, 0.4) is 0 Å². The van der Waals surface area contributed by atoms with Crippen LogP contribution in [0.2, 0.25) is 0 Å². The van der Waals surface area contributed by atoms with E-state index in [1.165, 1.54) is 16.5 Å². The molecule has 3 heterocycles. The number of aryl methyl sites for hydroxylation is 1. The molecule has 26 heavy (non-hydrogen) atoms. The number of nitrogens with zero attached hydrogens (tertiary/aromatic N) is 3. The second-order valence-corrected chi connectivity index (χ2v) is 8.04. The van der Waals surface area contributed by atoms with Gasteiger partial charge in [0.05, 0.1) is 17.1 Å². The molecule has 0 amide bonds. The molecule has 0 atom stereocenters. The predicted octanol–water partition coefficient (Wildman–Crippen LogP) is 1.21. The average Bonchev–Trinajstić information content (AvgIpc) is 2.97. The lowest BCUT2D eigenvalue weighted by Gasteiger charge is -2.19. The summed E-state index contributed by atoms with van der Waals surface area (Å²) in [5.74, 6) is 0. The van der Waals surface area contributed by atoms with E-state index in [1.807, 2.05) is 24.0 Å². The van der Waals surface area contributed by atoms with Gasteiger partial charge < -0.3 is 4.90 Å². The maximum absolute atomic E-state index is 12.4. The first-order valence-corrected chi connectivity index (χ1v) is 9.76. The van der Waals surface area contributed by atoms with Crippen molar-refractivity contribution < 1.29 is 8.42 Å². The van der Waals surface area contributed by atoms with Crippen molar-refractivity contribution in [2.75, 3.05) is 11.4 Å². The zero-order valence-electron chi connectivity index (χ0n) is 14.2. The SMILES string of the molecule is Cc1cccn2c(=O)cc(CN3CCc4ccc(S(N)(=O)=O)cc43)nc12. The molecule has 7 nitrogen and oxygen atoms in total. The molecule has 0 unspecified atom stereocenters. The van der Waals surface area contributed by atoms with Gasteiger partial charge in [0.15, 0.2) is 0 Å². The minimum absolute atomic E-state index is 0.0885. The van der Waals surface area contributed by atoms with Crippen molar-refractivity contribution in [2.24, 2.45) is 5.14 Å². The van der Waals surface area contributed by atoms with E-state index in [0.29, 0.717) is 17.9 Å². The summed E-state index contributed by atoms with van der Waals surface area (Å²) in [4.78, 5) is 19.1. The molecule has 134 valence electrons. The fraction of sp³-hybridized carbons (Fsp3) is 0.222. The van der Waals surface area contributed by atoms with Crippen LogP contribution in [0.15, 0.2) is 52.3 Å². The standard InChI is InChI=1S/C18H18N4O3S/c1-12-3-2-7-22-17(23)9-14(20-18(12)22)11-21-8-6-13-4-5-15(10-16(13)21)26(19,24)25/h2-5,7,9-10H,6,8,11H2,1H3,(H2,19,24,25). The largest absolute Gasteiger partial charge is 0.365 e. The van der Waals surface area contributed by atoms with Crippen molar-refractivity contribution in [2.45, 2.75) is 24.8 Å². The Bertz CT molecular complexity index is 1180.